The summed E-state index contributed by atoms with van der Waals surface area (Å²) in [5, 5.41) is 4.24. The van der Waals surface area contributed by atoms with E-state index in [1.807, 2.05) is 0 Å². The first-order valence-electron chi connectivity index (χ1n) is 9.80. The van der Waals surface area contributed by atoms with Gasteiger partial charge in [0.2, 0.25) is 0 Å². The monoisotopic (exact) mass is 458 g/mol. The third-order valence-electron chi connectivity index (χ3n) is 4.94. The van der Waals surface area contributed by atoms with Crippen molar-refractivity contribution in [2.75, 3.05) is 5.32 Å². The van der Waals surface area contributed by atoms with Crippen LogP contribution in [0.25, 0.3) is 21.5 Å². The molecule has 168 valence electrons. The minimum absolute atomic E-state index is 0.00352. The number of benzene rings is 4. The summed E-state index contributed by atoms with van der Waals surface area (Å²) in [5.74, 6) is 0. The molecule has 1 N–H and O–H groups in total. The van der Waals surface area contributed by atoms with Crippen LogP contribution in [0.15, 0.2) is 102 Å². The summed E-state index contributed by atoms with van der Waals surface area (Å²) in [6.07, 6.45) is -10.2. The first-order chi connectivity index (χ1) is 15.6. The Morgan fingerprint density at radius 3 is 1.82 bits per heavy atom. The highest BCUT2D eigenvalue weighted by atomic mass is 19.4. The van der Waals surface area contributed by atoms with Gasteiger partial charge in [-0.15, -0.1) is 0 Å². The summed E-state index contributed by atoms with van der Waals surface area (Å²) in [6, 6.07) is 22.3. The first-order valence-corrected chi connectivity index (χ1v) is 9.80. The SMILES string of the molecule is FC(F)(F)C(/C=C(\Nc1cccc2ccccc12)C(F)(F)F)=Nc1cccc2ccccc12. The fourth-order valence-corrected chi connectivity index (χ4v) is 3.42. The summed E-state index contributed by atoms with van der Waals surface area (Å²) < 4.78 is 82.7. The van der Waals surface area contributed by atoms with Gasteiger partial charge in [0.15, 0.2) is 0 Å². The number of alkyl halides is 6. The molecular weight excluding hydrogens is 442 g/mol. The fourth-order valence-electron chi connectivity index (χ4n) is 3.42. The Kier molecular flexibility index (Phi) is 5.84. The van der Waals surface area contributed by atoms with Gasteiger partial charge in [-0.2, -0.15) is 26.3 Å². The lowest BCUT2D eigenvalue weighted by molar-refractivity contribution is -0.0904. The molecular formula is C25H16F6N2. The molecule has 0 heterocycles. The molecule has 0 aliphatic rings. The maximum Gasteiger partial charge on any atom is 0.433 e. The maximum absolute atomic E-state index is 13.8. The van der Waals surface area contributed by atoms with Crippen LogP contribution in [0.3, 0.4) is 0 Å². The van der Waals surface area contributed by atoms with E-state index in [1.54, 1.807) is 60.7 Å². The zero-order valence-corrected chi connectivity index (χ0v) is 16.9. The van der Waals surface area contributed by atoms with Crippen molar-refractivity contribution < 1.29 is 26.3 Å². The zero-order valence-electron chi connectivity index (χ0n) is 16.9. The average Bonchev–Trinajstić information content (AvgIpc) is 2.77. The second-order valence-electron chi connectivity index (χ2n) is 7.20. The van der Waals surface area contributed by atoms with E-state index in [0.717, 1.165) is 0 Å². The van der Waals surface area contributed by atoms with Crippen LogP contribution in [0, 0.1) is 0 Å². The Morgan fingerprint density at radius 1 is 0.636 bits per heavy atom. The summed E-state index contributed by atoms with van der Waals surface area (Å²) in [7, 11) is 0. The number of hydrogen-bond donors (Lipinski definition) is 1. The van der Waals surface area contributed by atoms with E-state index < -0.39 is 23.8 Å². The van der Waals surface area contributed by atoms with Gasteiger partial charge in [-0.05, 0) is 29.0 Å². The minimum atomic E-state index is -5.12. The second kappa shape index (κ2) is 8.61. The number of halogens is 6. The molecule has 0 saturated heterocycles. The lowest BCUT2D eigenvalue weighted by atomic mass is 10.1. The molecule has 4 aromatic carbocycles. The summed E-state index contributed by atoms with van der Waals surface area (Å²) in [4.78, 5) is 3.59. The van der Waals surface area contributed by atoms with Gasteiger partial charge in [-0.3, -0.25) is 0 Å². The molecule has 0 fully saturated rings. The molecule has 0 spiro atoms. The first kappa shape index (κ1) is 22.4. The van der Waals surface area contributed by atoms with Crippen molar-refractivity contribution >= 4 is 38.6 Å². The van der Waals surface area contributed by atoms with Gasteiger partial charge >= 0.3 is 12.4 Å². The van der Waals surface area contributed by atoms with Gasteiger partial charge in [-0.1, -0.05) is 72.8 Å². The Hall–Kier alpha value is -3.81. The van der Waals surface area contributed by atoms with Crippen LogP contribution in [-0.4, -0.2) is 18.1 Å². The summed E-state index contributed by atoms with van der Waals surface area (Å²) in [6.45, 7) is 0. The number of hydrogen-bond acceptors (Lipinski definition) is 2. The highest BCUT2D eigenvalue weighted by Crippen LogP contribution is 2.34. The van der Waals surface area contributed by atoms with Crippen molar-refractivity contribution in [1.82, 2.24) is 0 Å². The molecule has 4 aromatic rings. The molecule has 0 aliphatic carbocycles. The van der Waals surface area contributed by atoms with Crippen LogP contribution < -0.4 is 5.32 Å². The van der Waals surface area contributed by atoms with E-state index in [-0.39, 0.29) is 17.5 Å². The number of fused-ring (bicyclic) bond motifs is 2. The van der Waals surface area contributed by atoms with Gasteiger partial charge in [0.05, 0.1) is 5.69 Å². The number of aliphatic imine (C=N–C) groups is 1. The number of anilines is 1. The minimum Gasteiger partial charge on any atom is -0.351 e. The normalized spacial score (nSPS) is 13.5. The van der Waals surface area contributed by atoms with Crippen molar-refractivity contribution in [3.8, 4) is 0 Å². The number of nitrogens with zero attached hydrogens (tertiary/aromatic N) is 1. The maximum atomic E-state index is 13.8. The van der Waals surface area contributed by atoms with Crippen LogP contribution >= 0.6 is 0 Å². The zero-order chi connectivity index (χ0) is 23.6. The van der Waals surface area contributed by atoms with Crippen molar-refractivity contribution in [2.45, 2.75) is 12.4 Å². The van der Waals surface area contributed by atoms with Crippen LogP contribution in [-0.2, 0) is 0 Å². The Balaban J connectivity index is 1.85. The van der Waals surface area contributed by atoms with Crippen molar-refractivity contribution in [3.63, 3.8) is 0 Å². The molecule has 0 aliphatic heterocycles. The fraction of sp³-hybridized carbons (Fsp3) is 0.0800. The van der Waals surface area contributed by atoms with Crippen molar-refractivity contribution in [2.24, 2.45) is 4.99 Å². The van der Waals surface area contributed by atoms with Gasteiger partial charge in [0.1, 0.15) is 11.4 Å². The molecule has 4 rings (SSSR count). The quantitative estimate of drug-likeness (QED) is 0.242. The molecule has 0 atom stereocenters. The van der Waals surface area contributed by atoms with Gasteiger partial charge in [0.25, 0.3) is 0 Å². The average molecular weight is 458 g/mol. The Labute approximate surface area is 184 Å². The van der Waals surface area contributed by atoms with E-state index >= 15 is 0 Å². The molecule has 0 amide bonds. The molecule has 0 saturated carbocycles. The lowest BCUT2D eigenvalue weighted by Gasteiger charge is -2.17. The lowest BCUT2D eigenvalue weighted by Crippen LogP contribution is -2.26. The molecule has 0 unspecified atom stereocenters. The number of rotatable bonds is 4. The van der Waals surface area contributed by atoms with E-state index in [9.17, 15) is 26.3 Å². The topological polar surface area (TPSA) is 24.4 Å². The van der Waals surface area contributed by atoms with E-state index in [2.05, 4.69) is 10.3 Å². The smallest absolute Gasteiger partial charge is 0.351 e. The third-order valence-corrected chi connectivity index (χ3v) is 4.94. The van der Waals surface area contributed by atoms with Crippen molar-refractivity contribution in [3.05, 3.63) is 96.7 Å². The summed E-state index contributed by atoms with van der Waals surface area (Å²) >= 11 is 0. The molecule has 33 heavy (non-hydrogen) atoms. The number of nitrogens with one attached hydrogen (secondary N) is 1. The van der Waals surface area contributed by atoms with Gasteiger partial charge < -0.3 is 5.32 Å². The van der Waals surface area contributed by atoms with Crippen LogP contribution in [0.2, 0.25) is 0 Å². The van der Waals surface area contributed by atoms with Crippen LogP contribution in [0.1, 0.15) is 0 Å². The molecule has 0 aromatic heterocycles. The second-order valence-corrected chi connectivity index (χ2v) is 7.20. The van der Waals surface area contributed by atoms with E-state index in [0.29, 0.717) is 21.5 Å². The predicted molar refractivity (Wildman–Crippen MR) is 119 cm³/mol. The highest BCUT2D eigenvalue weighted by molar-refractivity contribution is 6.05. The highest BCUT2D eigenvalue weighted by Gasteiger charge is 2.40. The Morgan fingerprint density at radius 2 is 1.18 bits per heavy atom. The predicted octanol–water partition coefficient (Wildman–Crippen LogP) is 8.19. The van der Waals surface area contributed by atoms with E-state index in [4.69, 9.17) is 0 Å². The number of allylic oxidation sites excluding steroid dienone is 2. The summed E-state index contributed by atoms with van der Waals surface area (Å²) in [5.41, 5.74) is -3.29. The van der Waals surface area contributed by atoms with E-state index in [1.165, 1.54) is 24.3 Å². The van der Waals surface area contributed by atoms with Gasteiger partial charge in [0, 0.05) is 16.5 Å². The standard InChI is InChI=1S/C25H16F6N2/c26-24(27,28)22(32-20-13-5-9-16-7-1-3-11-18(16)20)15-23(25(29,30)31)33-21-14-6-10-17-8-2-4-12-19(17)21/h1-15,32H/b22-15-,33-23?. The van der Waals surface area contributed by atoms with Crippen molar-refractivity contribution in [1.29, 1.82) is 0 Å². The molecule has 2 nitrogen and oxygen atoms in total. The van der Waals surface area contributed by atoms with Crippen LogP contribution in [0.5, 0.6) is 0 Å². The van der Waals surface area contributed by atoms with Crippen LogP contribution in [0.4, 0.5) is 37.7 Å². The Bertz CT molecular complexity index is 1360. The van der Waals surface area contributed by atoms with Gasteiger partial charge in [-0.25, -0.2) is 4.99 Å². The molecule has 8 heteroatoms. The third kappa shape index (κ3) is 5.00. The largest absolute Gasteiger partial charge is 0.433 e. The molecule has 0 radical (unpaired) electrons. The molecule has 0 bridgehead atoms.